The van der Waals surface area contributed by atoms with E-state index in [1.807, 2.05) is 0 Å². The van der Waals surface area contributed by atoms with Crippen molar-refractivity contribution in [3.8, 4) is 11.5 Å². The number of carbonyl (C=O) groups is 2. The molecular weight excluding hydrogens is 364 g/mol. The normalized spacial score (nSPS) is 19.0. The van der Waals surface area contributed by atoms with Crippen molar-refractivity contribution in [3.05, 3.63) is 59.7 Å². The van der Waals surface area contributed by atoms with Crippen LogP contribution in [0.5, 0.6) is 11.5 Å². The second-order valence-electron chi connectivity index (χ2n) is 6.35. The topological polar surface area (TPSA) is 137 Å². The van der Waals surface area contributed by atoms with Crippen molar-refractivity contribution in [1.82, 2.24) is 15.9 Å². The van der Waals surface area contributed by atoms with E-state index in [-0.39, 0.29) is 22.6 Å². The van der Waals surface area contributed by atoms with Gasteiger partial charge in [0.05, 0.1) is 17.7 Å². The van der Waals surface area contributed by atoms with Crippen molar-refractivity contribution in [3.63, 3.8) is 0 Å². The average Bonchev–Trinajstić information content (AvgIpc) is 2.72. The molecule has 2 amide bonds. The average molecular weight is 386 g/mol. The molecule has 1 fully saturated rings. The van der Waals surface area contributed by atoms with Crippen LogP contribution < -0.4 is 16.7 Å². The first-order valence-corrected chi connectivity index (χ1v) is 8.82. The van der Waals surface area contributed by atoms with Crippen LogP contribution >= 0.6 is 0 Å². The Kier molecular flexibility index (Phi) is 5.78. The summed E-state index contributed by atoms with van der Waals surface area (Å²) >= 11 is 0. The van der Waals surface area contributed by atoms with Crippen LogP contribution in [-0.4, -0.2) is 39.5 Å². The van der Waals surface area contributed by atoms with E-state index >= 15 is 0 Å². The molecule has 0 radical (unpaired) electrons. The van der Waals surface area contributed by atoms with Crippen LogP contribution in [0.3, 0.4) is 0 Å². The third kappa shape index (κ3) is 3.77. The van der Waals surface area contributed by atoms with Crippen LogP contribution in [0.25, 0.3) is 0 Å². The van der Waals surface area contributed by atoms with Crippen molar-refractivity contribution < 1.29 is 24.5 Å². The van der Waals surface area contributed by atoms with Crippen molar-refractivity contribution in [2.75, 3.05) is 6.61 Å². The zero-order valence-electron chi connectivity index (χ0n) is 15.1. The number of phenolic OH excluding ortho intramolecular Hbond substituents is 2. The number of hydrogen-bond acceptors (Lipinski definition) is 7. The molecular formula is C19H22N4O5. The molecule has 1 aliphatic heterocycles. The summed E-state index contributed by atoms with van der Waals surface area (Å²) < 4.78 is 5.74. The number of nitrogens with two attached hydrogens (primary N) is 1. The first-order chi connectivity index (χ1) is 13.5. The molecule has 148 valence electrons. The number of ether oxygens (including phenoxy) is 1. The number of benzene rings is 2. The molecule has 3 rings (SSSR count). The molecule has 28 heavy (non-hydrogen) atoms. The van der Waals surface area contributed by atoms with Gasteiger partial charge in [-0.25, -0.2) is 10.4 Å². The summed E-state index contributed by atoms with van der Waals surface area (Å²) in [4.78, 5) is 25.9. The van der Waals surface area contributed by atoms with E-state index in [4.69, 9.17) is 10.6 Å². The van der Waals surface area contributed by atoms with Crippen LogP contribution in [0.15, 0.2) is 48.5 Å². The predicted octanol–water partition coefficient (Wildman–Crippen LogP) is 1.20. The zero-order chi connectivity index (χ0) is 20.1. The Labute approximate surface area is 161 Å². The van der Waals surface area contributed by atoms with Crippen LogP contribution in [0.4, 0.5) is 0 Å². The maximum atomic E-state index is 13.2. The lowest BCUT2D eigenvalue weighted by atomic mass is 10.1. The van der Waals surface area contributed by atoms with Gasteiger partial charge in [-0.3, -0.25) is 20.9 Å². The first kappa shape index (κ1) is 19.6. The van der Waals surface area contributed by atoms with Gasteiger partial charge in [0.25, 0.3) is 11.8 Å². The lowest BCUT2D eigenvalue weighted by Gasteiger charge is -2.44. The Morgan fingerprint density at radius 2 is 1.61 bits per heavy atom. The molecule has 1 unspecified atom stereocenters. The van der Waals surface area contributed by atoms with Gasteiger partial charge in [-0.05, 0) is 37.1 Å². The maximum Gasteiger partial charge on any atom is 0.279 e. The van der Waals surface area contributed by atoms with E-state index in [0.29, 0.717) is 19.4 Å². The van der Waals surface area contributed by atoms with Crippen LogP contribution in [0, 0.1) is 0 Å². The summed E-state index contributed by atoms with van der Waals surface area (Å²) in [5.41, 5.74) is 4.89. The quantitative estimate of drug-likeness (QED) is 0.302. The van der Waals surface area contributed by atoms with Crippen molar-refractivity contribution in [2.24, 2.45) is 5.84 Å². The van der Waals surface area contributed by atoms with Gasteiger partial charge in [0.2, 0.25) is 5.85 Å². The van der Waals surface area contributed by atoms with Crippen molar-refractivity contribution in [1.29, 1.82) is 0 Å². The Bertz CT molecular complexity index is 867. The molecule has 0 bridgehead atoms. The molecule has 1 saturated heterocycles. The predicted molar refractivity (Wildman–Crippen MR) is 99.7 cm³/mol. The second kappa shape index (κ2) is 8.26. The first-order valence-electron chi connectivity index (χ1n) is 8.82. The Hall–Kier alpha value is -3.14. The number of hydrogen-bond donors (Lipinski definition) is 5. The molecule has 1 atom stereocenters. The molecule has 6 N–H and O–H groups in total. The lowest BCUT2D eigenvalue weighted by Crippen LogP contribution is -2.70. The van der Waals surface area contributed by atoms with Gasteiger partial charge in [-0.15, -0.1) is 0 Å². The van der Waals surface area contributed by atoms with Crippen LogP contribution in [-0.2, 0) is 4.74 Å². The van der Waals surface area contributed by atoms with E-state index < -0.39 is 17.7 Å². The molecule has 0 spiro atoms. The van der Waals surface area contributed by atoms with Gasteiger partial charge in [0, 0.05) is 6.42 Å². The molecule has 9 heteroatoms. The second-order valence-corrected chi connectivity index (χ2v) is 6.35. The third-order valence-electron chi connectivity index (χ3n) is 4.54. The van der Waals surface area contributed by atoms with E-state index in [9.17, 15) is 19.8 Å². The largest absolute Gasteiger partial charge is 0.507 e. The molecule has 0 aromatic heterocycles. The highest BCUT2D eigenvalue weighted by Crippen LogP contribution is 2.28. The zero-order valence-corrected chi connectivity index (χ0v) is 15.1. The molecule has 0 saturated carbocycles. The number of amides is 2. The highest BCUT2D eigenvalue weighted by molar-refractivity contribution is 6.01. The van der Waals surface area contributed by atoms with Gasteiger partial charge >= 0.3 is 0 Å². The minimum absolute atomic E-state index is 0.0273. The van der Waals surface area contributed by atoms with Gasteiger partial charge in [0.1, 0.15) is 11.5 Å². The number of aromatic hydroxyl groups is 2. The fourth-order valence-electron chi connectivity index (χ4n) is 3.04. The summed E-state index contributed by atoms with van der Waals surface area (Å²) in [5.74, 6) is 2.26. The Morgan fingerprint density at radius 3 is 2.14 bits per heavy atom. The summed E-state index contributed by atoms with van der Waals surface area (Å²) in [7, 11) is 0. The van der Waals surface area contributed by atoms with Crippen LogP contribution in [0.1, 0.15) is 40.0 Å². The SMILES string of the molecule is NNC1(N(NC(=O)c2ccccc2O)C(=O)c2ccccc2O)CCCCO1. The minimum Gasteiger partial charge on any atom is -0.507 e. The number of para-hydroxylation sites is 2. The lowest BCUT2D eigenvalue weighted by molar-refractivity contribution is -0.194. The van der Waals surface area contributed by atoms with E-state index in [1.54, 1.807) is 24.3 Å². The highest BCUT2D eigenvalue weighted by Gasteiger charge is 2.44. The van der Waals surface area contributed by atoms with Crippen LogP contribution in [0.2, 0.25) is 0 Å². The van der Waals surface area contributed by atoms with Crippen molar-refractivity contribution >= 4 is 11.8 Å². The molecule has 2 aromatic rings. The van der Waals surface area contributed by atoms with Gasteiger partial charge in [-0.1, -0.05) is 24.3 Å². The van der Waals surface area contributed by atoms with E-state index in [0.717, 1.165) is 11.4 Å². The molecule has 2 aromatic carbocycles. The van der Waals surface area contributed by atoms with E-state index in [1.165, 1.54) is 24.3 Å². The molecule has 1 heterocycles. The number of nitrogens with zero attached hydrogens (tertiary/aromatic N) is 1. The summed E-state index contributed by atoms with van der Waals surface area (Å²) in [5, 5.41) is 21.0. The Morgan fingerprint density at radius 1 is 1.00 bits per heavy atom. The third-order valence-corrected chi connectivity index (χ3v) is 4.54. The molecule has 0 aliphatic carbocycles. The van der Waals surface area contributed by atoms with Gasteiger partial charge in [-0.2, -0.15) is 0 Å². The fraction of sp³-hybridized carbons (Fsp3) is 0.263. The smallest absolute Gasteiger partial charge is 0.279 e. The molecule has 1 aliphatic rings. The maximum absolute atomic E-state index is 13.2. The summed E-state index contributed by atoms with van der Waals surface area (Å²) in [6.45, 7) is 0.321. The standard InChI is InChI=1S/C19H22N4O5/c20-22-19(11-5-6-12-28-19)23(18(27)14-8-2-4-10-16(14)25)21-17(26)13-7-1-3-9-15(13)24/h1-4,7-10,22,24-25H,5-6,11-12,20H2,(H,21,26). The minimum atomic E-state index is -1.50. The number of carbonyl (C=O) groups excluding carboxylic acids is 2. The summed E-state index contributed by atoms with van der Waals surface area (Å²) in [6.07, 6.45) is 1.78. The number of nitrogens with one attached hydrogen (secondary N) is 2. The number of phenols is 2. The summed E-state index contributed by atoms with van der Waals surface area (Å²) in [6, 6.07) is 11.9. The van der Waals surface area contributed by atoms with Gasteiger partial charge in [0.15, 0.2) is 0 Å². The van der Waals surface area contributed by atoms with E-state index in [2.05, 4.69) is 10.9 Å². The fourth-order valence-corrected chi connectivity index (χ4v) is 3.04. The van der Waals surface area contributed by atoms with Crippen molar-refractivity contribution in [2.45, 2.75) is 25.1 Å². The number of hydrazine groups is 2. The monoisotopic (exact) mass is 386 g/mol. The highest BCUT2D eigenvalue weighted by atomic mass is 16.5. The molecule has 9 nitrogen and oxygen atoms in total. The Balaban J connectivity index is 1.99. The number of rotatable bonds is 4. The van der Waals surface area contributed by atoms with Gasteiger partial charge < -0.3 is 14.9 Å².